The van der Waals surface area contributed by atoms with Crippen LogP contribution in [0.4, 0.5) is 0 Å². The predicted molar refractivity (Wildman–Crippen MR) is 61.0 cm³/mol. The van der Waals surface area contributed by atoms with Gasteiger partial charge in [-0.2, -0.15) is 0 Å². The first-order valence-corrected chi connectivity index (χ1v) is 5.91. The summed E-state index contributed by atoms with van der Waals surface area (Å²) in [5.74, 6) is 0.642. The van der Waals surface area contributed by atoms with Gasteiger partial charge in [-0.25, -0.2) is 0 Å². The van der Waals surface area contributed by atoms with E-state index in [1.54, 1.807) is 0 Å². The zero-order valence-electron chi connectivity index (χ0n) is 8.12. The van der Waals surface area contributed by atoms with Gasteiger partial charge in [0.25, 0.3) is 0 Å². The van der Waals surface area contributed by atoms with Gasteiger partial charge < -0.3 is 5.73 Å². The van der Waals surface area contributed by atoms with Crippen molar-refractivity contribution in [1.29, 1.82) is 0 Å². The highest BCUT2D eigenvalue weighted by Gasteiger charge is 2.24. The van der Waals surface area contributed by atoms with Crippen LogP contribution >= 0.6 is 15.9 Å². The fourth-order valence-corrected chi connectivity index (χ4v) is 2.35. The summed E-state index contributed by atoms with van der Waals surface area (Å²) in [6.45, 7) is 0. The molecule has 0 bridgehead atoms. The standard InChI is InChI=1S/C11H15BrN2/c12-9-4-5-10(14-7-9)6-8-2-1-3-11(8)13/h4-5,7-8,11H,1-3,6,13H2. The molecule has 2 rings (SSSR count). The first-order chi connectivity index (χ1) is 6.75. The number of hydrogen-bond donors (Lipinski definition) is 1. The number of aromatic nitrogens is 1. The minimum atomic E-state index is 0.389. The van der Waals surface area contributed by atoms with E-state index in [0.29, 0.717) is 12.0 Å². The van der Waals surface area contributed by atoms with Crippen LogP contribution < -0.4 is 5.73 Å². The van der Waals surface area contributed by atoms with E-state index in [0.717, 1.165) is 16.6 Å². The van der Waals surface area contributed by atoms with E-state index >= 15 is 0 Å². The minimum Gasteiger partial charge on any atom is -0.327 e. The SMILES string of the molecule is NC1CCCC1Cc1ccc(Br)cn1. The molecule has 2 unspecified atom stereocenters. The Balaban J connectivity index is 2.00. The van der Waals surface area contributed by atoms with Crippen molar-refractivity contribution >= 4 is 15.9 Å². The van der Waals surface area contributed by atoms with Crippen LogP contribution in [-0.4, -0.2) is 11.0 Å². The molecule has 0 saturated heterocycles. The normalized spacial score (nSPS) is 26.7. The average molecular weight is 255 g/mol. The molecule has 1 aliphatic carbocycles. The third-order valence-corrected chi connectivity index (χ3v) is 3.45. The van der Waals surface area contributed by atoms with Crippen molar-refractivity contribution in [2.45, 2.75) is 31.7 Å². The van der Waals surface area contributed by atoms with Crippen LogP contribution in [-0.2, 0) is 6.42 Å². The monoisotopic (exact) mass is 254 g/mol. The Hall–Kier alpha value is -0.410. The van der Waals surface area contributed by atoms with Crippen molar-refractivity contribution in [3.05, 3.63) is 28.5 Å². The maximum Gasteiger partial charge on any atom is 0.0413 e. The molecular weight excluding hydrogens is 240 g/mol. The lowest BCUT2D eigenvalue weighted by molar-refractivity contribution is 0.474. The van der Waals surface area contributed by atoms with Gasteiger partial charge in [-0.1, -0.05) is 6.42 Å². The van der Waals surface area contributed by atoms with Gasteiger partial charge >= 0.3 is 0 Å². The van der Waals surface area contributed by atoms with Crippen LogP contribution in [0.3, 0.4) is 0 Å². The van der Waals surface area contributed by atoms with Crippen LogP contribution in [0.1, 0.15) is 25.0 Å². The van der Waals surface area contributed by atoms with Crippen LogP contribution in [0.25, 0.3) is 0 Å². The van der Waals surface area contributed by atoms with Crippen LogP contribution in [0.15, 0.2) is 22.8 Å². The lowest BCUT2D eigenvalue weighted by Crippen LogP contribution is -2.26. The molecule has 1 fully saturated rings. The van der Waals surface area contributed by atoms with Gasteiger partial charge in [0.05, 0.1) is 0 Å². The summed E-state index contributed by atoms with van der Waals surface area (Å²) in [6, 6.07) is 4.51. The van der Waals surface area contributed by atoms with Gasteiger partial charge in [0.15, 0.2) is 0 Å². The maximum absolute atomic E-state index is 6.02. The van der Waals surface area contributed by atoms with Gasteiger partial charge in [0.2, 0.25) is 0 Å². The molecule has 1 aromatic heterocycles. The summed E-state index contributed by atoms with van der Waals surface area (Å²) in [7, 11) is 0. The second-order valence-corrected chi connectivity index (χ2v) is 4.94. The van der Waals surface area contributed by atoms with Crippen molar-refractivity contribution < 1.29 is 0 Å². The van der Waals surface area contributed by atoms with Crippen molar-refractivity contribution in [3.63, 3.8) is 0 Å². The molecule has 2 N–H and O–H groups in total. The Kier molecular flexibility index (Phi) is 3.19. The van der Waals surface area contributed by atoms with E-state index in [4.69, 9.17) is 5.73 Å². The molecule has 14 heavy (non-hydrogen) atoms. The summed E-state index contributed by atoms with van der Waals surface area (Å²) in [5, 5.41) is 0. The summed E-state index contributed by atoms with van der Waals surface area (Å²) < 4.78 is 1.04. The highest BCUT2D eigenvalue weighted by Crippen LogP contribution is 2.26. The summed E-state index contributed by atoms with van der Waals surface area (Å²) in [4.78, 5) is 4.37. The van der Waals surface area contributed by atoms with Crippen molar-refractivity contribution in [1.82, 2.24) is 4.98 Å². The van der Waals surface area contributed by atoms with Crippen LogP contribution in [0.2, 0.25) is 0 Å². The van der Waals surface area contributed by atoms with Gasteiger partial charge in [-0.05, 0) is 53.2 Å². The molecule has 1 aliphatic rings. The molecule has 1 aromatic rings. The Labute approximate surface area is 93.0 Å². The molecule has 0 amide bonds. The zero-order valence-corrected chi connectivity index (χ0v) is 9.70. The molecular formula is C11H15BrN2. The Morgan fingerprint density at radius 1 is 1.43 bits per heavy atom. The maximum atomic E-state index is 6.02. The lowest BCUT2D eigenvalue weighted by atomic mass is 9.98. The number of hydrogen-bond acceptors (Lipinski definition) is 2. The van der Waals surface area contributed by atoms with Crippen LogP contribution in [0, 0.1) is 5.92 Å². The summed E-state index contributed by atoms with van der Waals surface area (Å²) >= 11 is 3.38. The fourth-order valence-electron chi connectivity index (χ4n) is 2.11. The minimum absolute atomic E-state index is 0.389. The topological polar surface area (TPSA) is 38.9 Å². The number of nitrogens with two attached hydrogens (primary N) is 1. The molecule has 1 saturated carbocycles. The van der Waals surface area contributed by atoms with E-state index in [-0.39, 0.29) is 0 Å². The van der Waals surface area contributed by atoms with Gasteiger partial charge in [-0.3, -0.25) is 4.98 Å². The largest absolute Gasteiger partial charge is 0.327 e. The van der Waals surface area contributed by atoms with E-state index in [1.807, 2.05) is 12.3 Å². The van der Waals surface area contributed by atoms with Gasteiger partial charge in [-0.15, -0.1) is 0 Å². The molecule has 0 aromatic carbocycles. The summed E-state index contributed by atoms with van der Waals surface area (Å²) in [6.07, 6.45) is 6.62. The highest BCUT2D eigenvalue weighted by atomic mass is 79.9. The molecule has 2 atom stereocenters. The molecule has 2 nitrogen and oxygen atoms in total. The third-order valence-electron chi connectivity index (χ3n) is 2.98. The average Bonchev–Trinajstić information content (AvgIpc) is 2.56. The molecule has 0 aliphatic heterocycles. The van der Waals surface area contributed by atoms with Crippen LogP contribution in [0.5, 0.6) is 0 Å². The zero-order chi connectivity index (χ0) is 9.97. The quantitative estimate of drug-likeness (QED) is 0.881. The second kappa shape index (κ2) is 4.41. The smallest absolute Gasteiger partial charge is 0.0413 e. The molecule has 3 heteroatoms. The third kappa shape index (κ3) is 2.34. The Bertz CT molecular complexity index is 297. The molecule has 1 heterocycles. The fraction of sp³-hybridized carbons (Fsp3) is 0.545. The summed E-state index contributed by atoms with van der Waals surface area (Å²) in [5.41, 5.74) is 7.18. The number of pyridine rings is 1. The first-order valence-electron chi connectivity index (χ1n) is 5.12. The van der Waals surface area contributed by atoms with E-state index in [1.165, 1.54) is 19.3 Å². The van der Waals surface area contributed by atoms with Gasteiger partial charge in [0.1, 0.15) is 0 Å². The Morgan fingerprint density at radius 3 is 2.86 bits per heavy atom. The number of halogens is 1. The molecule has 0 spiro atoms. The number of nitrogens with zero attached hydrogens (tertiary/aromatic N) is 1. The molecule has 76 valence electrons. The highest BCUT2D eigenvalue weighted by molar-refractivity contribution is 9.10. The van der Waals surface area contributed by atoms with E-state index in [2.05, 4.69) is 27.0 Å². The lowest BCUT2D eigenvalue weighted by Gasteiger charge is -2.14. The first kappa shape index (κ1) is 10.1. The number of rotatable bonds is 2. The van der Waals surface area contributed by atoms with Crippen molar-refractivity contribution in [3.8, 4) is 0 Å². The van der Waals surface area contributed by atoms with Crippen molar-refractivity contribution in [2.24, 2.45) is 11.7 Å². The van der Waals surface area contributed by atoms with Crippen molar-refractivity contribution in [2.75, 3.05) is 0 Å². The predicted octanol–water partition coefficient (Wildman–Crippen LogP) is 2.51. The molecule has 0 radical (unpaired) electrons. The van der Waals surface area contributed by atoms with E-state index in [9.17, 15) is 0 Å². The van der Waals surface area contributed by atoms with Gasteiger partial charge in [0, 0.05) is 22.4 Å². The Morgan fingerprint density at radius 2 is 2.29 bits per heavy atom. The van der Waals surface area contributed by atoms with E-state index < -0.39 is 0 Å². The second-order valence-electron chi connectivity index (χ2n) is 4.03.